The Morgan fingerprint density at radius 2 is 1.87 bits per heavy atom. The van der Waals surface area contributed by atoms with Crippen molar-refractivity contribution in [1.29, 1.82) is 0 Å². The summed E-state index contributed by atoms with van der Waals surface area (Å²) in [6.45, 7) is 4.45. The van der Waals surface area contributed by atoms with Gasteiger partial charge < -0.3 is 29.9 Å². The van der Waals surface area contributed by atoms with Gasteiger partial charge in [-0.05, 0) is 30.0 Å². The standard InChI is InChI=1S/C31H33N4O9P/c1-3-31(27(37)26(36)28(43-31)35-17-16-25(32)33-30(35)39)19-42-45(40,44-24-15-9-13-22-12-7-8-14-23(22)24)34-20(2)29(38)41-18-21-10-5-4-6-11-21/h3-17,20,26-28,36-37H,1,18-19H2,2H3,(H,34,40)(H2,32,33,39)/t20-,26+,27-,28+,31+,45?/m0/s1. The summed E-state index contributed by atoms with van der Waals surface area (Å²) < 4.78 is 38.4. The first-order chi connectivity index (χ1) is 21.5. The Morgan fingerprint density at radius 1 is 1.16 bits per heavy atom. The number of hydrogen-bond acceptors (Lipinski definition) is 11. The minimum Gasteiger partial charge on any atom is -0.460 e. The molecule has 5 N–H and O–H groups in total. The van der Waals surface area contributed by atoms with Gasteiger partial charge in [-0.2, -0.15) is 10.1 Å². The van der Waals surface area contributed by atoms with Crippen molar-refractivity contribution < 1.29 is 38.1 Å². The number of ether oxygens (including phenoxy) is 2. The summed E-state index contributed by atoms with van der Waals surface area (Å²) in [5.41, 5.74) is 3.62. The molecule has 1 aliphatic heterocycles. The number of nitrogens with one attached hydrogen (secondary N) is 1. The van der Waals surface area contributed by atoms with Crippen LogP contribution < -0.4 is 21.0 Å². The highest BCUT2D eigenvalue weighted by Gasteiger charge is 2.55. The van der Waals surface area contributed by atoms with E-state index in [9.17, 15) is 24.4 Å². The molecule has 5 rings (SSSR count). The first-order valence-corrected chi connectivity index (χ1v) is 15.5. The van der Waals surface area contributed by atoms with Crippen LogP contribution in [0.15, 0.2) is 103 Å². The third-order valence-corrected chi connectivity index (χ3v) is 8.89. The third-order valence-electron chi connectivity index (χ3n) is 7.29. The van der Waals surface area contributed by atoms with Gasteiger partial charge >= 0.3 is 19.4 Å². The topological polar surface area (TPSA) is 184 Å². The van der Waals surface area contributed by atoms with Crippen molar-refractivity contribution in [3.8, 4) is 5.75 Å². The zero-order chi connectivity index (χ0) is 32.2. The van der Waals surface area contributed by atoms with Crippen molar-refractivity contribution in [3.63, 3.8) is 0 Å². The van der Waals surface area contributed by atoms with Crippen LogP contribution in [-0.2, 0) is 30.0 Å². The molecule has 0 bridgehead atoms. The summed E-state index contributed by atoms with van der Waals surface area (Å²) in [6, 6.07) is 21.5. The van der Waals surface area contributed by atoms with Gasteiger partial charge in [-0.1, -0.05) is 72.8 Å². The molecule has 1 unspecified atom stereocenters. The zero-order valence-corrected chi connectivity index (χ0v) is 25.2. The minimum atomic E-state index is -4.48. The number of carbonyl (C=O) groups is 1. The van der Waals surface area contributed by atoms with Crippen molar-refractivity contribution in [1.82, 2.24) is 14.6 Å². The number of anilines is 1. The molecule has 1 aliphatic rings. The smallest absolute Gasteiger partial charge is 0.459 e. The second-order valence-corrected chi connectivity index (χ2v) is 12.1. The van der Waals surface area contributed by atoms with Crippen molar-refractivity contribution >= 4 is 30.3 Å². The largest absolute Gasteiger partial charge is 0.460 e. The van der Waals surface area contributed by atoms with Gasteiger partial charge in [-0.3, -0.25) is 13.9 Å². The molecule has 6 atom stereocenters. The number of hydrogen-bond donors (Lipinski definition) is 4. The van der Waals surface area contributed by atoms with Crippen LogP contribution in [0.5, 0.6) is 5.75 Å². The number of carbonyl (C=O) groups excluding carboxylic acids is 1. The van der Waals surface area contributed by atoms with E-state index in [4.69, 9.17) is 24.3 Å². The van der Waals surface area contributed by atoms with E-state index in [-0.39, 0.29) is 18.2 Å². The highest BCUT2D eigenvalue weighted by atomic mass is 31.2. The van der Waals surface area contributed by atoms with Crippen LogP contribution in [0, 0.1) is 0 Å². The van der Waals surface area contributed by atoms with Gasteiger partial charge in [0.05, 0.1) is 6.61 Å². The summed E-state index contributed by atoms with van der Waals surface area (Å²) in [6.07, 6.45) is -2.34. The lowest BCUT2D eigenvalue weighted by molar-refractivity contribution is -0.146. The van der Waals surface area contributed by atoms with Gasteiger partial charge in [-0.15, -0.1) is 6.58 Å². The second kappa shape index (κ2) is 13.3. The maximum Gasteiger partial charge on any atom is 0.459 e. The molecule has 13 nitrogen and oxygen atoms in total. The quantitative estimate of drug-likeness (QED) is 0.101. The molecular weight excluding hydrogens is 603 g/mol. The maximum absolute atomic E-state index is 14.4. The molecule has 0 saturated carbocycles. The zero-order valence-electron chi connectivity index (χ0n) is 24.3. The minimum absolute atomic E-state index is 0.0146. The first kappa shape index (κ1) is 32.0. The molecular formula is C31H33N4O9P. The Balaban J connectivity index is 1.40. The molecule has 1 saturated heterocycles. The Morgan fingerprint density at radius 3 is 2.60 bits per heavy atom. The maximum atomic E-state index is 14.4. The predicted octanol–water partition coefficient (Wildman–Crippen LogP) is 3.08. The van der Waals surface area contributed by atoms with Gasteiger partial charge in [0.1, 0.15) is 42.0 Å². The molecule has 2 heterocycles. The van der Waals surface area contributed by atoms with E-state index in [0.717, 1.165) is 21.6 Å². The fourth-order valence-corrected chi connectivity index (χ4v) is 6.37. The molecule has 0 radical (unpaired) electrons. The SMILES string of the molecule is C=C[C@]1(COP(=O)(N[C@@H](C)C(=O)OCc2ccccc2)Oc2cccc3ccccc23)O[C@@H](n2ccc(N)nc2=O)[C@H](O)[C@@H]1O. The van der Waals surface area contributed by atoms with Crippen LogP contribution in [0.1, 0.15) is 18.7 Å². The number of rotatable bonds is 12. The van der Waals surface area contributed by atoms with E-state index in [1.807, 2.05) is 36.4 Å². The van der Waals surface area contributed by atoms with Gasteiger partial charge in [-0.25, -0.2) is 9.36 Å². The van der Waals surface area contributed by atoms with E-state index in [2.05, 4.69) is 16.7 Å². The van der Waals surface area contributed by atoms with Crippen molar-refractivity contribution in [2.24, 2.45) is 0 Å². The van der Waals surface area contributed by atoms with Crippen molar-refractivity contribution in [2.45, 2.75) is 43.6 Å². The number of nitrogen functional groups attached to an aromatic ring is 1. The fraction of sp³-hybridized carbons (Fsp3) is 0.258. The fourth-order valence-electron chi connectivity index (χ4n) is 4.82. The van der Waals surface area contributed by atoms with Crippen molar-refractivity contribution in [2.75, 3.05) is 12.3 Å². The van der Waals surface area contributed by atoms with E-state index in [0.29, 0.717) is 5.39 Å². The lowest BCUT2D eigenvalue weighted by Crippen LogP contribution is -2.46. The summed E-state index contributed by atoms with van der Waals surface area (Å²) in [5.74, 6) is -0.589. The normalized spacial score (nSPS) is 23.2. The van der Waals surface area contributed by atoms with Crippen molar-refractivity contribution in [3.05, 3.63) is 114 Å². The lowest BCUT2D eigenvalue weighted by Gasteiger charge is -2.31. The van der Waals surface area contributed by atoms with Crippen LogP contribution in [0.4, 0.5) is 5.82 Å². The van der Waals surface area contributed by atoms with Crippen LogP contribution >= 0.6 is 7.75 Å². The molecule has 236 valence electrons. The molecule has 1 aromatic heterocycles. The number of aliphatic hydroxyl groups excluding tert-OH is 2. The van der Waals surface area contributed by atoms with Gasteiger partial charge in [0.25, 0.3) is 0 Å². The monoisotopic (exact) mass is 636 g/mol. The molecule has 3 aromatic carbocycles. The van der Waals surface area contributed by atoms with Gasteiger partial charge in [0.2, 0.25) is 0 Å². The van der Waals surface area contributed by atoms with E-state index < -0.39 is 56.1 Å². The third kappa shape index (κ3) is 6.99. The lowest BCUT2D eigenvalue weighted by atomic mass is 9.96. The molecule has 0 amide bonds. The molecule has 0 aliphatic carbocycles. The van der Waals surface area contributed by atoms with Crippen LogP contribution in [0.2, 0.25) is 0 Å². The van der Waals surface area contributed by atoms with Crippen LogP contribution in [0.3, 0.4) is 0 Å². The number of benzene rings is 3. The number of nitrogens with zero attached hydrogens (tertiary/aromatic N) is 2. The summed E-state index contributed by atoms with van der Waals surface area (Å²) in [4.78, 5) is 29.0. The predicted molar refractivity (Wildman–Crippen MR) is 165 cm³/mol. The van der Waals surface area contributed by atoms with Crippen LogP contribution in [0.25, 0.3) is 10.8 Å². The molecule has 14 heteroatoms. The Bertz CT molecular complexity index is 1780. The second-order valence-electron chi connectivity index (χ2n) is 10.4. The average Bonchev–Trinajstić information content (AvgIpc) is 3.29. The first-order valence-electron chi connectivity index (χ1n) is 14.0. The van der Waals surface area contributed by atoms with E-state index in [1.165, 1.54) is 19.2 Å². The average molecular weight is 637 g/mol. The summed E-state index contributed by atoms with van der Waals surface area (Å²) >= 11 is 0. The van der Waals surface area contributed by atoms with E-state index in [1.54, 1.807) is 36.4 Å². The number of esters is 1. The highest BCUT2D eigenvalue weighted by molar-refractivity contribution is 7.52. The summed E-state index contributed by atoms with van der Waals surface area (Å²) in [5, 5.41) is 25.9. The number of fused-ring (bicyclic) bond motifs is 1. The van der Waals surface area contributed by atoms with Gasteiger partial charge in [0, 0.05) is 11.6 Å². The molecule has 4 aromatic rings. The van der Waals surface area contributed by atoms with Crippen LogP contribution in [-0.4, -0.2) is 56.2 Å². The molecule has 1 fully saturated rings. The number of aromatic nitrogens is 2. The molecule has 45 heavy (non-hydrogen) atoms. The highest BCUT2D eigenvalue weighted by Crippen LogP contribution is 2.49. The van der Waals surface area contributed by atoms with E-state index >= 15 is 0 Å². The number of aliphatic hydroxyl groups is 2. The summed E-state index contributed by atoms with van der Waals surface area (Å²) in [7, 11) is -4.48. The Kier molecular flexibility index (Phi) is 9.49. The number of nitrogens with two attached hydrogens (primary N) is 1. The molecule has 0 spiro atoms. The Hall–Kier alpha value is -4.36. The van der Waals surface area contributed by atoms with Gasteiger partial charge in [0.15, 0.2) is 6.23 Å². The Labute approximate surface area is 258 Å².